The van der Waals surface area contributed by atoms with Gasteiger partial charge in [0.05, 0.1) is 16.9 Å². The molecule has 1 rings (SSSR count). The number of halogens is 3. The molecule has 0 radical (unpaired) electrons. The molecule has 0 unspecified atom stereocenters. The molecule has 0 saturated heterocycles. The van der Waals surface area contributed by atoms with Gasteiger partial charge in [-0.25, -0.2) is 0 Å². The molecule has 84 valence electrons. The van der Waals surface area contributed by atoms with Crippen molar-refractivity contribution in [3.8, 4) is 0 Å². The third-order valence-electron chi connectivity index (χ3n) is 2.19. The van der Waals surface area contributed by atoms with E-state index in [-0.39, 0.29) is 17.3 Å². The van der Waals surface area contributed by atoms with Crippen LogP contribution in [-0.4, -0.2) is 0 Å². The molecule has 0 heterocycles. The van der Waals surface area contributed by atoms with Crippen LogP contribution in [0.25, 0.3) is 0 Å². The number of anilines is 2. The molecule has 0 aliphatic heterocycles. The Morgan fingerprint density at radius 1 is 1.13 bits per heavy atom. The zero-order chi connectivity index (χ0) is 11.8. The highest BCUT2D eigenvalue weighted by atomic mass is 19.4. The first-order chi connectivity index (χ1) is 6.73. The van der Waals surface area contributed by atoms with Crippen molar-refractivity contribution in [3.05, 3.63) is 23.3 Å². The van der Waals surface area contributed by atoms with Gasteiger partial charge in [-0.3, -0.25) is 0 Å². The standard InChI is InChI=1S/C10H13F3N2/c1-5(2)7-3-6(10(11,12)13)4-8(14)9(7)15/h3-5H,14-15H2,1-2H3. The highest BCUT2D eigenvalue weighted by molar-refractivity contribution is 5.69. The van der Waals surface area contributed by atoms with Crippen LogP contribution in [0.5, 0.6) is 0 Å². The maximum Gasteiger partial charge on any atom is 0.416 e. The zero-order valence-corrected chi connectivity index (χ0v) is 8.52. The van der Waals surface area contributed by atoms with E-state index < -0.39 is 11.7 Å². The van der Waals surface area contributed by atoms with Crippen LogP contribution in [0.15, 0.2) is 12.1 Å². The minimum Gasteiger partial charge on any atom is -0.397 e. The summed E-state index contributed by atoms with van der Waals surface area (Å²) in [6, 6.07) is 1.91. The Balaban J connectivity index is 3.36. The number of rotatable bonds is 1. The highest BCUT2D eigenvalue weighted by Crippen LogP contribution is 2.36. The lowest BCUT2D eigenvalue weighted by Gasteiger charge is -2.15. The Labute approximate surface area is 86.1 Å². The number of hydrogen-bond donors (Lipinski definition) is 2. The van der Waals surface area contributed by atoms with Crippen LogP contribution in [0.2, 0.25) is 0 Å². The smallest absolute Gasteiger partial charge is 0.397 e. The van der Waals surface area contributed by atoms with Gasteiger partial charge in [-0.15, -0.1) is 0 Å². The van der Waals surface area contributed by atoms with Crippen molar-refractivity contribution in [1.82, 2.24) is 0 Å². The van der Waals surface area contributed by atoms with Gasteiger partial charge in [-0.05, 0) is 23.6 Å². The predicted octanol–water partition coefficient (Wildman–Crippen LogP) is 2.99. The molecule has 0 spiro atoms. The second-order valence-corrected chi connectivity index (χ2v) is 3.72. The van der Waals surface area contributed by atoms with Crippen LogP contribution in [0.4, 0.5) is 24.5 Å². The van der Waals surface area contributed by atoms with E-state index >= 15 is 0 Å². The molecule has 0 bridgehead atoms. The summed E-state index contributed by atoms with van der Waals surface area (Å²) in [5.74, 6) is -0.0883. The van der Waals surface area contributed by atoms with Crippen LogP contribution in [-0.2, 0) is 6.18 Å². The summed E-state index contributed by atoms with van der Waals surface area (Å²) in [4.78, 5) is 0. The summed E-state index contributed by atoms with van der Waals surface area (Å²) < 4.78 is 37.3. The minimum atomic E-state index is -4.38. The first kappa shape index (κ1) is 11.7. The van der Waals surface area contributed by atoms with Crippen LogP contribution in [0.3, 0.4) is 0 Å². The van der Waals surface area contributed by atoms with Crippen LogP contribution < -0.4 is 11.5 Å². The minimum absolute atomic E-state index is 0.0199. The largest absolute Gasteiger partial charge is 0.416 e. The van der Waals surface area contributed by atoms with Crippen molar-refractivity contribution < 1.29 is 13.2 Å². The Bertz CT molecular complexity index is 370. The summed E-state index contributed by atoms with van der Waals surface area (Å²) in [7, 11) is 0. The van der Waals surface area contributed by atoms with Crippen molar-refractivity contribution in [3.63, 3.8) is 0 Å². The fraction of sp³-hybridized carbons (Fsp3) is 0.400. The second kappa shape index (κ2) is 3.64. The van der Waals surface area contributed by atoms with E-state index in [1.807, 2.05) is 0 Å². The summed E-state index contributed by atoms with van der Waals surface area (Å²) in [6.45, 7) is 3.54. The first-order valence-corrected chi connectivity index (χ1v) is 4.49. The average Bonchev–Trinajstić information content (AvgIpc) is 2.06. The van der Waals surface area contributed by atoms with Gasteiger partial charge in [0.15, 0.2) is 0 Å². The van der Waals surface area contributed by atoms with Gasteiger partial charge in [0.1, 0.15) is 0 Å². The van der Waals surface area contributed by atoms with Gasteiger partial charge in [-0.2, -0.15) is 13.2 Å². The van der Waals surface area contributed by atoms with Crippen molar-refractivity contribution in [1.29, 1.82) is 0 Å². The van der Waals surface area contributed by atoms with E-state index in [1.165, 1.54) is 0 Å². The van der Waals surface area contributed by atoms with E-state index in [0.717, 1.165) is 12.1 Å². The highest BCUT2D eigenvalue weighted by Gasteiger charge is 2.31. The van der Waals surface area contributed by atoms with E-state index in [1.54, 1.807) is 13.8 Å². The van der Waals surface area contributed by atoms with Gasteiger partial charge < -0.3 is 11.5 Å². The van der Waals surface area contributed by atoms with Gasteiger partial charge >= 0.3 is 6.18 Å². The SMILES string of the molecule is CC(C)c1cc(C(F)(F)F)cc(N)c1N. The average molecular weight is 218 g/mol. The molecule has 0 amide bonds. The Morgan fingerprint density at radius 3 is 2.07 bits per heavy atom. The van der Waals surface area contributed by atoms with Gasteiger partial charge in [-0.1, -0.05) is 13.8 Å². The fourth-order valence-electron chi connectivity index (χ4n) is 1.34. The molecule has 5 heteroatoms. The second-order valence-electron chi connectivity index (χ2n) is 3.72. The third-order valence-corrected chi connectivity index (χ3v) is 2.19. The molecule has 0 aliphatic rings. The van der Waals surface area contributed by atoms with E-state index in [0.29, 0.717) is 5.56 Å². The van der Waals surface area contributed by atoms with Crippen LogP contribution in [0.1, 0.15) is 30.9 Å². The molecule has 0 saturated carbocycles. The first-order valence-electron chi connectivity index (χ1n) is 4.49. The summed E-state index contributed by atoms with van der Waals surface area (Å²) in [5.41, 5.74) is 10.9. The molecule has 15 heavy (non-hydrogen) atoms. The number of benzene rings is 1. The lowest BCUT2D eigenvalue weighted by molar-refractivity contribution is -0.137. The number of nitrogen functional groups attached to an aromatic ring is 2. The van der Waals surface area contributed by atoms with Gasteiger partial charge in [0, 0.05) is 0 Å². The van der Waals surface area contributed by atoms with E-state index in [2.05, 4.69) is 0 Å². The summed E-state index contributed by atoms with van der Waals surface area (Å²) >= 11 is 0. The molecule has 0 atom stereocenters. The van der Waals surface area contributed by atoms with E-state index in [9.17, 15) is 13.2 Å². The predicted molar refractivity (Wildman–Crippen MR) is 54.4 cm³/mol. The number of nitrogens with two attached hydrogens (primary N) is 2. The quantitative estimate of drug-likeness (QED) is 0.712. The summed E-state index contributed by atoms with van der Waals surface area (Å²) in [5, 5.41) is 0. The van der Waals surface area contributed by atoms with Crippen LogP contribution >= 0.6 is 0 Å². The maximum absolute atomic E-state index is 12.4. The number of hydrogen-bond acceptors (Lipinski definition) is 2. The number of alkyl halides is 3. The molecule has 0 aliphatic carbocycles. The molecule has 4 N–H and O–H groups in total. The van der Waals surface area contributed by atoms with E-state index in [4.69, 9.17) is 11.5 Å². The van der Waals surface area contributed by atoms with Gasteiger partial charge in [0.25, 0.3) is 0 Å². The maximum atomic E-state index is 12.4. The van der Waals surface area contributed by atoms with Crippen molar-refractivity contribution in [2.75, 3.05) is 11.5 Å². The topological polar surface area (TPSA) is 52.0 Å². The third kappa shape index (κ3) is 2.34. The van der Waals surface area contributed by atoms with Crippen LogP contribution in [0, 0.1) is 0 Å². The Hall–Kier alpha value is -1.39. The Morgan fingerprint density at radius 2 is 1.67 bits per heavy atom. The zero-order valence-electron chi connectivity index (χ0n) is 8.52. The fourth-order valence-corrected chi connectivity index (χ4v) is 1.34. The molecule has 1 aromatic carbocycles. The molecule has 0 aromatic heterocycles. The molecule has 2 nitrogen and oxygen atoms in total. The lowest BCUT2D eigenvalue weighted by Crippen LogP contribution is -2.10. The lowest BCUT2D eigenvalue weighted by atomic mass is 9.97. The Kier molecular flexibility index (Phi) is 2.83. The molecular formula is C10H13F3N2. The van der Waals surface area contributed by atoms with Crippen molar-refractivity contribution in [2.24, 2.45) is 0 Å². The molecule has 1 aromatic rings. The summed E-state index contributed by atoms with van der Waals surface area (Å²) in [6.07, 6.45) is -4.38. The van der Waals surface area contributed by atoms with Crippen molar-refractivity contribution >= 4 is 11.4 Å². The van der Waals surface area contributed by atoms with Crippen molar-refractivity contribution in [2.45, 2.75) is 25.9 Å². The molecular weight excluding hydrogens is 205 g/mol. The van der Waals surface area contributed by atoms with Gasteiger partial charge in [0.2, 0.25) is 0 Å². The normalized spacial score (nSPS) is 12.1. The molecule has 0 fully saturated rings. The monoisotopic (exact) mass is 218 g/mol.